The van der Waals surface area contributed by atoms with Gasteiger partial charge < -0.3 is 15.3 Å². The van der Waals surface area contributed by atoms with E-state index in [0.717, 1.165) is 17.7 Å². The number of carbonyl (C=O) groups is 1. The maximum absolute atomic E-state index is 12.1. The van der Waals surface area contributed by atoms with Crippen LogP contribution in [0.3, 0.4) is 0 Å². The Labute approximate surface area is 122 Å². The van der Waals surface area contributed by atoms with Gasteiger partial charge in [-0.15, -0.1) is 11.8 Å². The minimum absolute atomic E-state index is 0.184. The Balaban J connectivity index is 2.07. The minimum atomic E-state index is -0.418. The highest BCUT2D eigenvalue weighted by molar-refractivity contribution is 7.98. The van der Waals surface area contributed by atoms with Gasteiger partial charge >= 0.3 is 6.03 Å². The third-order valence-corrected chi connectivity index (χ3v) is 4.12. The van der Waals surface area contributed by atoms with Crippen LogP contribution >= 0.6 is 23.4 Å². The first-order valence-electron chi connectivity index (χ1n) is 6.17. The van der Waals surface area contributed by atoms with Crippen LogP contribution in [0.5, 0.6) is 0 Å². The van der Waals surface area contributed by atoms with Crippen LogP contribution in [0.25, 0.3) is 0 Å². The first-order chi connectivity index (χ1) is 9.10. The summed E-state index contributed by atoms with van der Waals surface area (Å²) in [6.45, 7) is 1.07. The number of hydrogen-bond donors (Lipinski definition) is 2. The van der Waals surface area contributed by atoms with Gasteiger partial charge in [-0.1, -0.05) is 11.6 Å². The molecule has 0 bridgehead atoms. The number of carbonyl (C=O) groups excluding carboxylic acids is 1. The summed E-state index contributed by atoms with van der Waals surface area (Å²) in [6.07, 6.45) is 3.12. The van der Waals surface area contributed by atoms with Crippen molar-refractivity contribution in [3.63, 3.8) is 0 Å². The normalized spacial score (nSPS) is 19.3. The highest BCUT2D eigenvalue weighted by atomic mass is 35.5. The monoisotopic (exact) mass is 300 g/mol. The number of benzene rings is 1. The predicted octanol–water partition coefficient (Wildman–Crippen LogP) is 3.05. The van der Waals surface area contributed by atoms with E-state index in [2.05, 4.69) is 5.32 Å². The summed E-state index contributed by atoms with van der Waals surface area (Å²) < 4.78 is 0. The molecule has 2 rings (SSSR count). The van der Waals surface area contributed by atoms with E-state index in [-0.39, 0.29) is 6.03 Å². The van der Waals surface area contributed by atoms with Gasteiger partial charge in [0.1, 0.15) is 0 Å². The Kier molecular flexibility index (Phi) is 4.96. The Hall–Kier alpha value is -0.910. The van der Waals surface area contributed by atoms with Crippen molar-refractivity contribution >= 4 is 35.1 Å². The zero-order valence-corrected chi connectivity index (χ0v) is 12.3. The van der Waals surface area contributed by atoms with Gasteiger partial charge in [0.25, 0.3) is 0 Å². The Morgan fingerprint density at radius 1 is 1.58 bits per heavy atom. The third-order valence-electron chi connectivity index (χ3n) is 3.09. The molecular weight excluding hydrogens is 284 g/mol. The number of amides is 2. The van der Waals surface area contributed by atoms with Crippen LogP contribution in [0.4, 0.5) is 10.5 Å². The molecule has 4 nitrogen and oxygen atoms in total. The van der Waals surface area contributed by atoms with Gasteiger partial charge in [-0.05, 0) is 37.3 Å². The molecule has 0 aliphatic carbocycles. The van der Waals surface area contributed by atoms with E-state index in [9.17, 15) is 9.90 Å². The average Bonchev–Trinajstić information content (AvgIpc) is 2.39. The number of rotatable bonds is 2. The number of urea groups is 1. The SMILES string of the molecule is CSc1ccc(Cl)cc1NC(=O)N1CCCC(O)C1. The lowest BCUT2D eigenvalue weighted by atomic mass is 10.1. The van der Waals surface area contributed by atoms with E-state index >= 15 is 0 Å². The summed E-state index contributed by atoms with van der Waals surface area (Å²) in [7, 11) is 0. The van der Waals surface area contributed by atoms with Crippen molar-refractivity contribution in [2.75, 3.05) is 24.7 Å². The number of nitrogens with zero attached hydrogens (tertiary/aromatic N) is 1. The molecule has 0 saturated carbocycles. The topological polar surface area (TPSA) is 52.6 Å². The number of thioether (sulfide) groups is 1. The summed E-state index contributed by atoms with van der Waals surface area (Å²) in [4.78, 5) is 14.7. The maximum atomic E-state index is 12.1. The number of hydrogen-bond acceptors (Lipinski definition) is 3. The molecule has 1 aliphatic rings. The fourth-order valence-corrected chi connectivity index (χ4v) is 2.82. The van der Waals surface area contributed by atoms with Crippen molar-refractivity contribution in [1.29, 1.82) is 0 Å². The van der Waals surface area contributed by atoms with Crippen molar-refractivity contribution in [3.8, 4) is 0 Å². The number of likely N-dealkylation sites (tertiary alicyclic amines) is 1. The molecule has 1 saturated heterocycles. The van der Waals surface area contributed by atoms with E-state index in [1.807, 2.05) is 12.3 Å². The highest BCUT2D eigenvalue weighted by Crippen LogP contribution is 2.28. The second kappa shape index (κ2) is 6.50. The van der Waals surface area contributed by atoms with Crippen molar-refractivity contribution in [3.05, 3.63) is 23.2 Å². The van der Waals surface area contributed by atoms with Crippen LogP contribution in [-0.4, -0.2) is 41.5 Å². The van der Waals surface area contributed by atoms with Crippen LogP contribution in [0.2, 0.25) is 5.02 Å². The molecule has 1 aliphatic heterocycles. The number of β-amino-alcohol motifs (C(OH)–C–C–N with tert-alkyl or cyclic N) is 1. The largest absolute Gasteiger partial charge is 0.391 e. The van der Waals surface area contributed by atoms with E-state index < -0.39 is 6.10 Å². The minimum Gasteiger partial charge on any atom is -0.391 e. The van der Waals surface area contributed by atoms with Gasteiger partial charge in [-0.25, -0.2) is 4.79 Å². The standard InChI is InChI=1S/C13H17ClN2O2S/c1-19-12-5-4-9(14)7-11(12)15-13(18)16-6-2-3-10(17)8-16/h4-5,7,10,17H,2-3,6,8H2,1H3,(H,15,18). The number of anilines is 1. The average molecular weight is 301 g/mol. The molecule has 2 amide bonds. The Morgan fingerprint density at radius 3 is 3.05 bits per heavy atom. The van der Waals surface area contributed by atoms with Crippen LogP contribution < -0.4 is 5.32 Å². The summed E-state index contributed by atoms with van der Waals surface area (Å²) in [5.41, 5.74) is 0.713. The quantitative estimate of drug-likeness (QED) is 0.825. The zero-order chi connectivity index (χ0) is 13.8. The number of aliphatic hydroxyl groups is 1. The van der Waals surface area contributed by atoms with Gasteiger partial charge in [-0.3, -0.25) is 0 Å². The second-order valence-electron chi connectivity index (χ2n) is 4.52. The third kappa shape index (κ3) is 3.78. The molecule has 19 heavy (non-hydrogen) atoms. The molecule has 1 fully saturated rings. The molecule has 2 N–H and O–H groups in total. The van der Waals surface area contributed by atoms with E-state index in [1.54, 1.807) is 28.8 Å². The summed E-state index contributed by atoms with van der Waals surface area (Å²) in [5.74, 6) is 0. The zero-order valence-electron chi connectivity index (χ0n) is 10.7. The van der Waals surface area contributed by atoms with Gasteiger partial charge in [0.15, 0.2) is 0 Å². The van der Waals surface area contributed by atoms with E-state index in [0.29, 0.717) is 23.8 Å². The Bertz CT molecular complexity index is 470. The van der Waals surface area contributed by atoms with Crippen molar-refractivity contribution in [2.24, 2.45) is 0 Å². The molecule has 0 aromatic heterocycles. The van der Waals surface area contributed by atoms with E-state index in [1.165, 1.54) is 0 Å². The summed E-state index contributed by atoms with van der Waals surface area (Å²) >= 11 is 7.50. The molecule has 6 heteroatoms. The molecule has 1 unspecified atom stereocenters. The van der Waals surface area contributed by atoms with Crippen molar-refractivity contribution in [1.82, 2.24) is 4.90 Å². The van der Waals surface area contributed by atoms with Crippen LogP contribution in [-0.2, 0) is 0 Å². The fraction of sp³-hybridized carbons (Fsp3) is 0.462. The molecule has 0 radical (unpaired) electrons. The summed E-state index contributed by atoms with van der Waals surface area (Å²) in [5, 5.41) is 13.0. The lowest BCUT2D eigenvalue weighted by Gasteiger charge is -2.30. The fourth-order valence-electron chi connectivity index (χ4n) is 2.11. The maximum Gasteiger partial charge on any atom is 0.321 e. The molecule has 1 aromatic carbocycles. The number of piperidine rings is 1. The predicted molar refractivity (Wildman–Crippen MR) is 79.1 cm³/mol. The number of halogens is 1. The van der Waals surface area contributed by atoms with Gasteiger partial charge in [0.05, 0.1) is 11.8 Å². The number of nitrogens with one attached hydrogen (secondary N) is 1. The van der Waals surface area contributed by atoms with Crippen LogP contribution in [0, 0.1) is 0 Å². The molecule has 1 atom stereocenters. The lowest BCUT2D eigenvalue weighted by Crippen LogP contribution is -2.44. The van der Waals surface area contributed by atoms with Gasteiger partial charge in [-0.2, -0.15) is 0 Å². The molecule has 104 valence electrons. The van der Waals surface area contributed by atoms with Crippen LogP contribution in [0.15, 0.2) is 23.1 Å². The van der Waals surface area contributed by atoms with Gasteiger partial charge in [0, 0.05) is 23.0 Å². The molecular formula is C13H17ClN2O2S. The first-order valence-corrected chi connectivity index (χ1v) is 7.78. The lowest BCUT2D eigenvalue weighted by molar-refractivity contribution is 0.0883. The van der Waals surface area contributed by atoms with E-state index in [4.69, 9.17) is 11.6 Å². The molecule has 1 aromatic rings. The van der Waals surface area contributed by atoms with Gasteiger partial charge in [0.2, 0.25) is 0 Å². The summed E-state index contributed by atoms with van der Waals surface area (Å²) in [6, 6.07) is 5.24. The highest BCUT2D eigenvalue weighted by Gasteiger charge is 2.22. The number of aliphatic hydroxyl groups excluding tert-OH is 1. The van der Waals surface area contributed by atoms with Crippen molar-refractivity contribution in [2.45, 2.75) is 23.8 Å². The van der Waals surface area contributed by atoms with Crippen molar-refractivity contribution < 1.29 is 9.90 Å². The second-order valence-corrected chi connectivity index (χ2v) is 5.80. The Morgan fingerprint density at radius 2 is 2.37 bits per heavy atom. The first kappa shape index (κ1) is 14.5. The van der Waals surface area contributed by atoms with Crippen LogP contribution in [0.1, 0.15) is 12.8 Å². The molecule has 0 spiro atoms. The smallest absolute Gasteiger partial charge is 0.321 e. The molecule has 1 heterocycles.